The number of ether oxygens (including phenoxy) is 1. The number of benzene rings is 1. The zero-order valence-corrected chi connectivity index (χ0v) is 17.3. The monoisotopic (exact) mass is 414 g/mol. The second-order valence-corrected chi connectivity index (χ2v) is 7.08. The van der Waals surface area contributed by atoms with Crippen LogP contribution in [-0.4, -0.2) is 39.8 Å². The van der Waals surface area contributed by atoms with Crippen LogP contribution < -0.4 is 15.0 Å². The van der Waals surface area contributed by atoms with E-state index in [2.05, 4.69) is 20.4 Å². The van der Waals surface area contributed by atoms with Crippen molar-refractivity contribution in [1.82, 2.24) is 19.7 Å². The molecule has 0 spiro atoms. The molecule has 0 unspecified atom stereocenters. The highest BCUT2D eigenvalue weighted by Crippen LogP contribution is 2.24. The van der Waals surface area contributed by atoms with Crippen molar-refractivity contribution in [3.63, 3.8) is 0 Å². The van der Waals surface area contributed by atoms with Crippen LogP contribution in [0.25, 0.3) is 0 Å². The number of amides is 1. The number of hydrogen-bond acceptors (Lipinski definition) is 6. The molecule has 8 heteroatoms. The number of nitrogens with zero attached hydrogens (tertiary/aromatic N) is 5. The summed E-state index contributed by atoms with van der Waals surface area (Å²) < 4.78 is 7.58. The van der Waals surface area contributed by atoms with Crippen molar-refractivity contribution in [2.24, 2.45) is 0 Å². The van der Waals surface area contributed by atoms with Gasteiger partial charge in [0.15, 0.2) is 5.82 Å². The van der Waals surface area contributed by atoms with Crippen molar-refractivity contribution in [2.75, 3.05) is 24.3 Å². The minimum atomic E-state index is -0.296. The third-order valence-electron chi connectivity index (χ3n) is 4.42. The van der Waals surface area contributed by atoms with Crippen LogP contribution >= 0.6 is 0 Å². The Kier molecular flexibility index (Phi) is 5.89. The first-order valence-corrected chi connectivity index (χ1v) is 9.73. The molecule has 156 valence electrons. The van der Waals surface area contributed by atoms with Gasteiger partial charge in [-0.1, -0.05) is 24.3 Å². The molecule has 4 rings (SSSR count). The summed E-state index contributed by atoms with van der Waals surface area (Å²) in [7, 11) is 3.72. The van der Waals surface area contributed by atoms with E-state index in [-0.39, 0.29) is 5.91 Å². The predicted molar refractivity (Wildman–Crippen MR) is 119 cm³/mol. The fourth-order valence-corrected chi connectivity index (χ4v) is 2.90. The smallest absolute Gasteiger partial charge is 0.257 e. The van der Waals surface area contributed by atoms with Crippen LogP contribution in [0.3, 0.4) is 0 Å². The lowest BCUT2D eigenvalue weighted by Crippen LogP contribution is -2.16. The SMILES string of the molecule is CN(C)c1cc(C(=O)Nc2ccn(Cc3cccnc3)n2)cc(Oc2ccccc2)n1. The van der Waals surface area contributed by atoms with Gasteiger partial charge in [-0.15, -0.1) is 0 Å². The second kappa shape index (κ2) is 9.08. The molecule has 0 bridgehead atoms. The third-order valence-corrected chi connectivity index (χ3v) is 4.42. The maximum atomic E-state index is 12.9. The van der Waals surface area contributed by atoms with Crippen LogP contribution in [0.2, 0.25) is 0 Å². The molecule has 0 fully saturated rings. The summed E-state index contributed by atoms with van der Waals surface area (Å²) in [6, 6.07) is 18.2. The maximum Gasteiger partial charge on any atom is 0.257 e. The number of carbonyl (C=O) groups is 1. The Morgan fingerprint density at radius 2 is 1.94 bits per heavy atom. The van der Waals surface area contributed by atoms with Crippen molar-refractivity contribution in [3.05, 3.63) is 90.4 Å². The first-order valence-electron chi connectivity index (χ1n) is 9.73. The van der Waals surface area contributed by atoms with Gasteiger partial charge in [0.05, 0.1) is 6.54 Å². The predicted octanol–water partition coefficient (Wildman–Crippen LogP) is 3.83. The summed E-state index contributed by atoms with van der Waals surface area (Å²) in [5.74, 6) is 1.76. The Morgan fingerprint density at radius 1 is 1.10 bits per heavy atom. The molecule has 3 aromatic heterocycles. The minimum absolute atomic E-state index is 0.296. The molecule has 0 aliphatic rings. The summed E-state index contributed by atoms with van der Waals surface area (Å²) in [5.41, 5.74) is 1.45. The van der Waals surface area contributed by atoms with Crippen LogP contribution in [0.15, 0.2) is 79.3 Å². The molecule has 0 saturated heterocycles. The van der Waals surface area contributed by atoms with Crippen LogP contribution in [0.4, 0.5) is 11.6 Å². The quantitative estimate of drug-likeness (QED) is 0.495. The van der Waals surface area contributed by atoms with Crippen LogP contribution in [-0.2, 0) is 6.54 Å². The molecular formula is C23H22N6O2. The van der Waals surface area contributed by atoms with E-state index < -0.39 is 0 Å². The average Bonchev–Trinajstić information content (AvgIpc) is 3.21. The van der Waals surface area contributed by atoms with Gasteiger partial charge in [0.2, 0.25) is 5.88 Å². The molecule has 0 aliphatic carbocycles. The van der Waals surface area contributed by atoms with Gasteiger partial charge in [-0.3, -0.25) is 14.5 Å². The normalized spacial score (nSPS) is 10.5. The Hall–Kier alpha value is -4.20. The Bertz CT molecular complexity index is 1160. The standard InChI is InChI=1S/C23H22N6O2/c1-28(2)21-13-18(14-22(26-21)31-19-8-4-3-5-9-19)23(30)25-20-10-12-29(27-20)16-17-7-6-11-24-15-17/h3-15H,16H2,1-2H3,(H,25,27,30). The number of nitrogens with one attached hydrogen (secondary N) is 1. The van der Waals surface area contributed by atoms with Gasteiger partial charge in [0.25, 0.3) is 5.91 Å². The molecule has 1 aromatic carbocycles. The number of carbonyl (C=O) groups excluding carboxylic acids is 1. The molecule has 0 radical (unpaired) electrons. The van der Waals surface area contributed by atoms with Gasteiger partial charge in [-0.25, -0.2) is 0 Å². The molecule has 31 heavy (non-hydrogen) atoms. The Labute approximate surface area is 180 Å². The van der Waals surface area contributed by atoms with E-state index in [0.717, 1.165) is 5.56 Å². The summed E-state index contributed by atoms with van der Waals surface area (Å²) in [6.45, 7) is 0.568. The highest BCUT2D eigenvalue weighted by molar-refractivity contribution is 6.04. The zero-order valence-electron chi connectivity index (χ0n) is 17.3. The maximum absolute atomic E-state index is 12.9. The van der Waals surface area contributed by atoms with Gasteiger partial charge in [0, 0.05) is 50.4 Å². The van der Waals surface area contributed by atoms with Crippen molar-refractivity contribution in [3.8, 4) is 11.6 Å². The molecule has 1 N–H and O–H groups in total. The third kappa shape index (κ3) is 5.24. The number of aromatic nitrogens is 4. The fraction of sp³-hybridized carbons (Fsp3) is 0.130. The molecule has 3 heterocycles. The topological polar surface area (TPSA) is 85.2 Å². The van der Waals surface area contributed by atoms with Crippen LogP contribution in [0.5, 0.6) is 11.6 Å². The molecule has 0 saturated carbocycles. The number of pyridine rings is 2. The van der Waals surface area contributed by atoms with Crippen LogP contribution in [0.1, 0.15) is 15.9 Å². The zero-order chi connectivity index (χ0) is 21.6. The summed E-state index contributed by atoms with van der Waals surface area (Å²) in [6.07, 6.45) is 5.32. The van der Waals surface area contributed by atoms with Gasteiger partial charge in [-0.2, -0.15) is 10.1 Å². The summed E-state index contributed by atoms with van der Waals surface area (Å²) >= 11 is 0. The number of hydrogen-bond donors (Lipinski definition) is 1. The summed E-state index contributed by atoms with van der Waals surface area (Å²) in [4.78, 5) is 23.3. The van der Waals surface area contributed by atoms with Gasteiger partial charge in [-0.05, 0) is 29.8 Å². The van der Waals surface area contributed by atoms with E-state index in [1.165, 1.54) is 0 Å². The van der Waals surface area contributed by atoms with Crippen molar-refractivity contribution in [2.45, 2.75) is 6.54 Å². The van der Waals surface area contributed by atoms with Crippen molar-refractivity contribution < 1.29 is 9.53 Å². The van der Waals surface area contributed by atoms with E-state index in [1.807, 2.05) is 67.7 Å². The molecular weight excluding hydrogens is 392 g/mol. The van der Waals surface area contributed by atoms with E-state index >= 15 is 0 Å². The largest absolute Gasteiger partial charge is 0.439 e. The number of rotatable bonds is 7. The molecule has 0 aliphatic heterocycles. The lowest BCUT2D eigenvalue weighted by molar-refractivity contribution is 0.102. The van der Waals surface area contributed by atoms with E-state index in [0.29, 0.717) is 35.4 Å². The highest BCUT2D eigenvalue weighted by Gasteiger charge is 2.14. The van der Waals surface area contributed by atoms with Gasteiger partial charge < -0.3 is 15.0 Å². The first kappa shape index (κ1) is 20.1. The number of para-hydroxylation sites is 1. The van der Waals surface area contributed by atoms with Gasteiger partial charge >= 0.3 is 0 Å². The van der Waals surface area contributed by atoms with Gasteiger partial charge in [0.1, 0.15) is 11.6 Å². The fourth-order valence-electron chi connectivity index (χ4n) is 2.90. The van der Waals surface area contributed by atoms with E-state index in [4.69, 9.17) is 4.74 Å². The van der Waals surface area contributed by atoms with Crippen molar-refractivity contribution >= 4 is 17.5 Å². The lowest BCUT2D eigenvalue weighted by Gasteiger charge is -2.15. The molecule has 1 amide bonds. The first-order chi connectivity index (χ1) is 15.1. The van der Waals surface area contributed by atoms with Crippen LogP contribution in [0, 0.1) is 0 Å². The average molecular weight is 414 g/mol. The molecule has 4 aromatic rings. The van der Waals surface area contributed by atoms with E-state index in [9.17, 15) is 4.79 Å². The minimum Gasteiger partial charge on any atom is -0.439 e. The van der Waals surface area contributed by atoms with Crippen molar-refractivity contribution in [1.29, 1.82) is 0 Å². The molecule has 8 nitrogen and oxygen atoms in total. The lowest BCUT2D eigenvalue weighted by atomic mass is 10.2. The van der Waals surface area contributed by atoms with E-state index in [1.54, 1.807) is 35.3 Å². The highest BCUT2D eigenvalue weighted by atomic mass is 16.5. The molecule has 0 atom stereocenters. The number of anilines is 2. The Morgan fingerprint density at radius 3 is 2.68 bits per heavy atom. The summed E-state index contributed by atoms with van der Waals surface area (Å²) in [5, 5.41) is 7.25. The second-order valence-electron chi connectivity index (χ2n) is 7.08. The Balaban J connectivity index is 1.51.